The SMILES string of the molecule is CCOc1ccc2[nH]cc(C(=O)NCc3ccc(COCCN4CCOCC4)cc3)c(=O)c2c1. The Morgan fingerprint density at radius 1 is 1.12 bits per heavy atom. The van der Waals surface area contributed by atoms with Gasteiger partial charge < -0.3 is 24.5 Å². The van der Waals surface area contributed by atoms with E-state index in [1.54, 1.807) is 18.2 Å². The van der Waals surface area contributed by atoms with Gasteiger partial charge in [-0.3, -0.25) is 14.5 Å². The van der Waals surface area contributed by atoms with E-state index in [9.17, 15) is 9.59 Å². The van der Waals surface area contributed by atoms with E-state index >= 15 is 0 Å². The highest BCUT2D eigenvalue weighted by Gasteiger charge is 2.14. The van der Waals surface area contributed by atoms with Crippen molar-refractivity contribution in [1.82, 2.24) is 15.2 Å². The van der Waals surface area contributed by atoms with Crippen LogP contribution in [0.15, 0.2) is 53.5 Å². The van der Waals surface area contributed by atoms with Crippen LogP contribution in [0.4, 0.5) is 0 Å². The average molecular weight is 466 g/mol. The summed E-state index contributed by atoms with van der Waals surface area (Å²) in [5.41, 5.74) is 2.44. The number of hydrogen-bond acceptors (Lipinski definition) is 6. The summed E-state index contributed by atoms with van der Waals surface area (Å²) in [6.07, 6.45) is 1.46. The molecule has 8 heteroatoms. The van der Waals surface area contributed by atoms with Gasteiger partial charge >= 0.3 is 0 Å². The van der Waals surface area contributed by atoms with Gasteiger partial charge in [0.05, 0.1) is 33.0 Å². The molecule has 1 aliphatic rings. The van der Waals surface area contributed by atoms with Crippen molar-refractivity contribution in [3.8, 4) is 5.75 Å². The fraction of sp³-hybridized carbons (Fsp3) is 0.385. The molecule has 4 rings (SSSR count). The molecule has 1 amide bonds. The van der Waals surface area contributed by atoms with Crippen LogP contribution in [0.5, 0.6) is 5.75 Å². The van der Waals surface area contributed by atoms with Gasteiger partial charge in [0.15, 0.2) is 0 Å². The summed E-state index contributed by atoms with van der Waals surface area (Å²) >= 11 is 0. The number of aromatic amines is 1. The van der Waals surface area contributed by atoms with Crippen LogP contribution < -0.4 is 15.5 Å². The van der Waals surface area contributed by atoms with Crippen molar-refractivity contribution in [2.24, 2.45) is 0 Å². The maximum Gasteiger partial charge on any atom is 0.257 e. The van der Waals surface area contributed by atoms with Crippen LogP contribution in [0.2, 0.25) is 0 Å². The van der Waals surface area contributed by atoms with Crippen molar-refractivity contribution in [3.05, 3.63) is 75.6 Å². The summed E-state index contributed by atoms with van der Waals surface area (Å²) in [5, 5.41) is 3.26. The van der Waals surface area contributed by atoms with Gasteiger partial charge in [0.2, 0.25) is 5.43 Å². The third-order valence-corrected chi connectivity index (χ3v) is 5.81. The van der Waals surface area contributed by atoms with Crippen molar-refractivity contribution in [2.45, 2.75) is 20.1 Å². The Bertz CT molecular complexity index is 1150. The summed E-state index contributed by atoms with van der Waals surface area (Å²) in [6.45, 7) is 8.36. The fourth-order valence-electron chi connectivity index (χ4n) is 3.86. The Balaban J connectivity index is 1.28. The Morgan fingerprint density at radius 3 is 2.65 bits per heavy atom. The van der Waals surface area contributed by atoms with Gasteiger partial charge in [-0.15, -0.1) is 0 Å². The monoisotopic (exact) mass is 465 g/mol. The van der Waals surface area contributed by atoms with Crippen molar-refractivity contribution in [1.29, 1.82) is 0 Å². The Kier molecular flexibility index (Phi) is 8.30. The molecule has 3 aromatic rings. The molecule has 0 unspecified atom stereocenters. The second-order valence-corrected chi connectivity index (χ2v) is 8.18. The summed E-state index contributed by atoms with van der Waals surface area (Å²) in [6, 6.07) is 13.1. The van der Waals surface area contributed by atoms with Crippen molar-refractivity contribution >= 4 is 16.8 Å². The summed E-state index contributed by atoms with van der Waals surface area (Å²) in [5.74, 6) is 0.184. The van der Waals surface area contributed by atoms with Gasteiger partial charge in [-0.1, -0.05) is 24.3 Å². The number of ether oxygens (including phenoxy) is 3. The number of morpholine rings is 1. The first-order valence-corrected chi connectivity index (χ1v) is 11.7. The molecule has 1 aromatic heterocycles. The molecule has 0 atom stereocenters. The Labute approximate surface area is 198 Å². The molecule has 2 N–H and O–H groups in total. The third kappa shape index (κ3) is 6.22. The Hall–Kier alpha value is -3.20. The minimum absolute atomic E-state index is 0.0754. The molecule has 34 heavy (non-hydrogen) atoms. The van der Waals surface area contributed by atoms with E-state index in [2.05, 4.69) is 15.2 Å². The van der Waals surface area contributed by atoms with Crippen LogP contribution >= 0.6 is 0 Å². The first-order chi connectivity index (χ1) is 16.6. The normalized spacial score (nSPS) is 14.3. The molecule has 0 radical (unpaired) electrons. The lowest BCUT2D eigenvalue weighted by Gasteiger charge is -2.26. The zero-order chi connectivity index (χ0) is 23.8. The molecule has 0 spiro atoms. The molecule has 1 aliphatic heterocycles. The number of rotatable bonds is 10. The van der Waals surface area contributed by atoms with Crippen LogP contribution in [-0.4, -0.2) is 61.9 Å². The van der Waals surface area contributed by atoms with Crippen molar-refractivity contribution in [2.75, 3.05) is 46.1 Å². The second kappa shape index (κ2) is 11.8. The lowest BCUT2D eigenvalue weighted by molar-refractivity contribution is 0.0180. The standard InChI is InChI=1S/C26H31N3O5/c1-2-34-21-7-8-24-22(15-21)25(30)23(17-27-24)26(31)28-16-19-3-5-20(6-4-19)18-33-14-11-29-9-12-32-13-10-29/h3-8,15,17H,2,9-14,16,18H2,1H3,(H,27,30)(H,28,31). The zero-order valence-electron chi connectivity index (χ0n) is 19.5. The minimum Gasteiger partial charge on any atom is -0.494 e. The number of nitrogens with zero attached hydrogens (tertiary/aromatic N) is 1. The predicted octanol–water partition coefficient (Wildman–Crippen LogP) is 2.71. The molecule has 0 aliphatic carbocycles. The molecule has 0 bridgehead atoms. The molecule has 1 saturated heterocycles. The molecule has 1 fully saturated rings. The quantitative estimate of drug-likeness (QED) is 0.448. The smallest absolute Gasteiger partial charge is 0.257 e. The maximum atomic E-state index is 12.8. The number of carbonyl (C=O) groups excluding carboxylic acids is 1. The number of hydrogen-bond donors (Lipinski definition) is 2. The second-order valence-electron chi connectivity index (χ2n) is 8.18. The average Bonchev–Trinajstić information content (AvgIpc) is 2.87. The highest BCUT2D eigenvalue weighted by Crippen LogP contribution is 2.17. The van der Waals surface area contributed by atoms with Gasteiger partial charge in [-0.05, 0) is 36.2 Å². The van der Waals surface area contributed by atoms with E-state index in [-0.39, 0.29) is 11.0 Å². The van der Waals surface area contributed by atoms with Gasteiger partial charge in [0.25, 0.3) is 5.91 Å². The first-order valence-electron chi connectivity index (χ1n) is 11.7. The summed E-state index contributed by atoms with van der Waals surface area (Å²) < 4.78 is 16.6. The summed E-state index contributed by atoms with van der Waals surface area (Å²) in [4.78, 5) is 30.9. The number of pyridine rings is 1. The van der Waals surface area contributed by atoms with Crippen LogP contribution in [0.3, 0.4) is 0 Å². The number of amides is 1. The van der Waals surface area contributed by atoms with Gasteiger partial charge in [0, 0.05) is 43.3 Å². The lowest BCUT2D eigenvalue weighted by Crippen LogP contribution is -2.38. The van der Waals surface area contributed by atoms with E-state index in [1.807, 2.05) is 31.2 Å². The zero-order valence-corrected chi connectivity index (χ0v) is 19.5. The highest BCUT2D eigenvalue weighted by molar-refractivity contribution is 5.97. The topological polar surface area (TPSA) is 92.9 Å². The number of fused-ring (bicyclic) bond motifs is 1. The Morgan fingerprint density at radius 2 is 1.88 bits per heavy atom. The molecule has 2 heterocycles. The molecular weight excluding hydrogens is 434 g/mol. The highest BCUT2D eigenvalue weighted by atomic mass is 16.5. The molecule has 0 saturated carbocycles. The molecule has 8 nitrogen and oxygen atoms in total. The molecular formula is C26H31N3O5. The fourth-order valence-corrected chi connectivity index (χ4v) is 3.86. The van der Waals surface area contributed by atoms with E-state index < -0.39 is 5.91 Å². The van der Waals surface area contributed by atoms with E-state index in [0.29, 0.717) is 43.0 Å². The van der Waals surface area contributed by atoms with E-state index in [4.69, 9.17) is 14.2 Å². The van der Waals surface area contributed by atoms with Gasteiger partial charge in [0.1, 0.15) is 11.3 Å². The largest absolute Gasteiger partial charge is 0.494 e. The van der Waals surface area contributed by atoms with Crippen LogP contribution in [0, 0.1) is 0 Å². The summed E-state index contributed by atoms with van der Waals surface area (Å²) in [7, 11) is 0. The third-order valence-electron chi connectivity index (χ3n) is 5.81. The maximum absolute atomic E-state index is 12.8. The van der Waals surface area contributed by atoms with Gasteiger partial charge in [-0.2, -0.15) is 0 Å². The minimum atomic E-state index is -0.416. The number of nitrogens with one attached hydrogen (secondary N) is 2. The number of carbonyl (C=O) groups is 1. The lowest BCUT2D eigenvalue weighted by atomic mass is 10.1. The van der Waals surface area contributed by atoms with Crippen LogP contribution in [-0.2, 0) is 22.6 Å². The van der Waals surface area contributed by atoms with E-state index in [1.165, 1.54) is 6.20 Å². The van der Waals surface area contributed by atoms with Crippen LogP contribution in [0.1, 0.15) is 28.4 Å². The first kappa shape index (κ1) is 23.9. The van der Waals surface area contributed by atoms with E-state index in [0.717, 1.165) is 44.0 Å². The number of H-pyrrole nitrogens is 1. The number of aromatic nitrogens is 1. The molecule has 180 valence electrons. The van der Waals surface area contributed by atoms with Crippen molar-refractivity contribution in [3.63, 3.8) is 0 Å². The molecule has 2 aromatic carbocycles. The van der Waals surface area contributed by atoms with Crippen molar-refractivity contribution < 1.29 is 19.0 Å². The number of benzene rings is 2. The van der Waals surface area contributed by atoms with Gasteiger partial charge in [-0.25, -0.2) is 0 Å². The predicted molar refractivity (Wildman–Crippen MR) is 130 cm³/mol. The van der Waals surface area contributed by atoms with Crippen LogP contribution in [0.25, 0.3) is 10.9 Å².